The van der Waals surface area contributed by atoms with Crippen molar-refractivity contribution in [1.29, 1.82) is 0 Å². The molecular weight excluding hydrogens is 787 g/mol. The maximum absolute atomic E-state index is 10.7. The molecule has 10 nitrogen and oxygen atoms in total. The number of benzene rings is 3. The highest BCUT2D eigenvalue weighted by molar-refractivity contribution is 7.86. The van der Waals surface area contributed by atoms with Gasteiger partial charge in [0.25, 0.3) is 11.7 Å². The van der Waals surface area contributed by atoms with Crippen LogP contribution in [0.2, 0.25) is 0 Å². The lowest BCUT2D eigenvalue weighted by atomic mass is 9.98. The smallest absolute Gasteiger partial charge is 0.485 e. The van der Waals surface area contributed by atoms with Crippen molar-refractivity contribution in [2.24, 2.45) is 0 Å². The number of nitrogens with zero attached hydrogens (tertiary/aromatic N) is 4. The van der Waals surface area contributed by atoms with Crippen molar-refractivity contribution in [3.8, 4) is 22.3 Å². The van der Waals surface area contributed by atoms with Crippen molar-refractivity contribution in [2.45, 2.75) is 90.6 Å². The average molecular weight is 839 g/mol. The maximum Gasteiger partial charge on any atom is 0.485 e. The third kappa shape index (κ3) is 14.2. The van der Waals surface area contributed by atoms with Gasteiger partial charge < -0.3 is 9.11 Å². The monoisotopic (exact) mass is 838 g/mol. The van der Waals surface area contributed by atoms with Gasteiger partial charge in [-0.25, -0.2) is 16.8 Å². The largest absolute Gasteiger partial charge is 0.741 e. The van der Waals surface area contributed by atoms with Crippen molar-refractivity contribution in [3.63, 3.8) is 0 Å². The van der Waals surface area contributed by atoms with E-state index in [0.29, 0.717) is 24.2 Å². The fraction of sp³-hybridized carbons (Fsp3) is 0.474. The average Bonchev–Trinajstić information content (AvgIpc) is 3.07. The summed E-state index contributed by atoms with van der Waals surface area (Å²) < 4.78 is 123. The van der Waals surface area contributed by atoms with Crippen molar-refractivity contribution >= 4 is 31.9 Å². The number of hydrogen-bond donors (Lipinski definition) is 0. The van der Waals surface area contributed by atoms with E-state index in [-0.39, 0.29) is 0 Å². The molecule has 0 aliphatic rings. The standard InChI is InChI=1S/C36H52N4.2CHF3O3S/c1-25(2)37(9)35(38(10)26(3)4)33-21-17-31(18-22-33)29-13-15-30(16-14-29)32-19-23-34(24-20-32)36(39(11)27(5)6)40(12)28(7)8;2*2-1(3,4)8(5,6)7/h13-28H,1-12H3;2*(H,5,6,7)/q+2;;/p-2. The lowest BCUT2D eigenvalue weighted by Crippen LogP contribution is -2.41. The van der Waals surface area contributed by atoms with Crippen LogP contribution in [0.1, 0.15) is 66.5 Å². The molecule has 0 aromatic heterocycles. The van der Waals surface area contributed by atoms with Crippen LogP contribution in [0.3, 0.4) is 0 Å². The van der Waals surface area contributed by atoms with Crippen LogP contribution in [-0.4, -0.2) is 120 Å². The van der Waals surface area contributed by atoms with Gasteiger partial charge in [0, 0.05) is 0 Å². The van der Waals surface area contributed by atoms with E-state index >= 15 is 0 Å². The zero-order chi connectivity index (χ0) is 43.7. The molecule has 18 heteroatoms. The lowest BCUT2D eigenvalue weighted by molar-refractivity contribution is -0.534. The van der Waals surface area contributed by atoms with Crippen molar-refractivity contribution < 1.29 is 61.4 Å². The molecule has 3 rings (SSSR count). The number of amidine groups is 2. The summed E-state index contributed by atoms with van der Waals surface area (Å²) in [5.41, 5.74) is -3.87. The third-order valence-corrected chi connectivity index (χ3v) is 9.97. The van der Waals surface area contributed by atoms with Gasteiger partial charge in [0.15, 0.2) is 20.2 Å². The number of alkyl halides is 6. The van der Waals surface area contributed by atoms with Gasteiger partial charge in [-0.15, -0.1) is 0 Å². The maximum atomic E-state index is 10.7. The van der Waals surface area contributed by atoms with Gasteiger partial charge in [0.05, 0.1) is 63.5 Å². The molecule has 0 fully saturated rings. The highest BCUT2D eigenvalue weighted by Crippen LogP contribution is 2.27. The predicted molar refractivity (Wildman–Crippen MR) is 205 cm³/mol. The summed E-state index contributed by atoms with van der Waals surface area (Å²) in [6, 6.07) is 28.6. The number of halogens is 6. The molecule has 3 aromatic rings. The Hall–Kier alpha value is -4.00. The first kappa shape index (κ1) is 50.0. The zero-order valence-electron chi connectivity index (χ0n) is 33.6. The summed E-state index contributed by atoms with van der Waals surface area (Å²) in [5.74, 6) is 2.52. The molecule has 56 heavy (non-hydrogen) atoms. The first-order valence-electron chi connectivity index (χ1n) is 17.3. The molecular formula is C38H52F6N4O6S2. The molecule has 0 heterocycles. The van der Waals surface area contributed by atoms with E-state index in [0.717, 1.165) is 0 Å². The Morgan fingerprint density at radius 3 is 0.821 bits per heavy atom. The second-order valence-corrected chi connectivity index (χ2v) is 16.7. The summed E-state index contributed by atoms with van der Waals surface area (Å²) in [7, 11) is -3.45. The van der Waals surface area contributed by atoms with Crippen LogP contribution in [-0.2, 0) is 20.2 Å². The Labute approximate surface area is 327 Å². The first-order valence-corrected chi connectivity index (χ1v) is 20.2. The SMILES string of the molecule is CC(C)N(C)C(c1ccc(-c2ccc(-c3ccc(C(N(C)C(C)C)=[N+](C)C(C)C)cc3)cc2)cc1)=[N+](C)C(C)C.O=S(=O)([O-])C(F)(F)F.O=S(=O)([O-])C(F)(F)F. The van der Waals surface area contributed by atoms with Crippen LogP contribution in [0, 0.1) is 0 Å². The van der Waals surface area contributed by atoms with E-state index in [1.165, 1.54) is 45.1 Å². The van der Waals surface area contributed by atoms with Crippen molar-refractivity contribution in [2.75, 3.05) is 28.2 Å². The van der Waals surface area contributed by atoms with E-state index in [1.54, 1.807) is 0 Å². The van der Waals surface area contributed by atoms with E-state index in [1.807, 2.05) is 0 Å². The molecule has 0 radical (unpaired) electrons. The first-order chi connectivity index (χ1) is 25.3. The Kier molecular flexibility index (Phi) is 17.8. The second-order valence-electron chi connectivity index (χ2n) is 14.0. The molecule has 0 unspecified atom stereocenters. The molecule has 0 atom stereocenters. The Balaban J connectivity index is 0.000000817. The molecule has 3 aromatic carbocycles. The van der Waals surface area contributed by atoms with E-state index < -0.39 is 31.3 Å². The van der Waals surface area contributed by atoms with E-state index in [4.69, 9.17) is 25.9 Å². The van der Waals surface area contributed by atoms with Crippen LogP contribution in [0.15, 0.2) is 72.8 Å². The Morgan fingerprint density at radius 2 is 0.679 bits per heavy atom. The molecule has 0 saturated heterocycles. The van der Waals surface area contributed by atoms with Crippen molar-refractivity contribution in [3.05, 3.63) is 83.9 Å². The third-order valence-electron chi connectivity index (χ3n) is 8.84. The fourth-order valence-corrected chi connectivity index (χ4v) is 4.77. The summed E-state index contributed by atoms with van der Waals surface area (Å²) in [6.07, 6.45) is 0. The van der Waals surface area contributed by atoms with Gasteiger partial charge in [-0.3, -0.25) is 19.0 Å². The molecule has 0 bridgehead atoms. The molecule has 0 saturated carbocycles. The number of hydrogen-bond acceptors (Lipinski definition) is 6. The molecule has 0 N–H and O–H groups in total. The fourth-order valence-electron chi connectivity index (χ4n) is 4.77. The van der Waals surface area contributed by atoms with Gasteiger partial charge >= 0.3 is 11.0 Å². The molecule has 314 valence electrons. The predicted octanol–water partition coefficient (Wildman–Crippen LogP) is 7.40. The summed E-state index contributed by atoms with van der Waals surface area (Å²) in [6.45, 7) is 17.9. The molecule has 0 aliphatic carbocycles. The van der Waals surface area contributed by atoms with Gasteiger partial charge in [0.1, 0.15) is 0 Å². The van der Waals surface area contributed by atoms with Gasteiger partial charge in [-0.1, -0.05) is 48.5 Å². The summed E-state index contributed by atoms with van der Waals surface area (Å²) in [4.78, 5) is 4.72. The van der Waals surface area contributed by atoms with Crippen LogP contribution in [0.4, 0.5) is 26.3 Å². The van der Waals surface area contributed by atoms with Crippen LogP contribution in [0.5, 0.6) is 0 Å². The van der Waals surface area contributed by atoms with E-state index in [2.05, 4.69) is 175 Å². The van der Waals surface area contributed by atoms with Crippen molar-refractivity contribution in [1.82, 2.24) is 9.80 Å². The number of rotatable bonds is 8. The minimum atomic E-state index is -6.09. The Bertz CT molecular complexity index is 1860. The quantitative estimate of drug-likeness (QED) is 0.0574. The minimum absolute atomic E-state index is 0.425. The lowest BCUT2D eigenvalue weighted by Gasteiger charge is -2.23. The van der Waals surface area contributed by atoms with Crippen LogP contribution in [0.25, 0.3) is 22.3 Å². The van der Waals surface area contributed by atoms with Gasteiger partial charge in [0.2, 0.25) is 0 Å². The topological polar surface area (TPSA) is 127 Å². The van der Waals surface area contributed by atoms with Crippen LogP contribution >= 0.6 is 0 Å². The Morgan fingerprint density at radius 1 is 0.500 bits per heavy atom. The second kappa shape index (κ2) is 19.9. The summed E-state index contributed by atoms with van der Waals surface area (Å²) in [5, 5.41) is 0. The summed E-state index contributed by atoms with van der Waals surface area (Å²) >= 11 is 0. The van der Waals surface area contributed by atoms with Gasteiger partial charge in [-0.05, 0) is 102 Å². The highest BCUT2D eigenvalue weighted by atomic mass is 32.2. The van der Waals surface area contributed by atoms with E-state index in [9.17, 15) is 26.3 Å². The normalized spacial score (nSPS) is 13.4. The molecule has 0 spiro atoms. The van der Waals surface area contributed by atoms with Gasteiger partial charge in [-0.2, -0.15) is 26.3 Å². The van der Waals surface area contributed by atoms with Crippen LogP contribution < -0.4 is 0 Å². The molecule has 0 amide bonds. The minimum Gasteiger partial charge on any atom is -0.741 e. The highest BCUT2D eigenvalue weighted by Gasteiger charge is 2.37. The molecule has 0 aliphatic heterocycles. The zero-order valence-corrected chi connectivity index (χ0v) is 35.2.